The van der Waals surface area contributed by atoms with Crippen LogP contribution in [0.4, 0.5) is 0 Å². The lowest BCUT2D eigenvalue weighted by molar-refractivity contribution is -0.00823. The predicted molar refractivity (Wildman–Crippen MR) is 97.1 cm³/mol. The van der Waals surface area contributed by atoms with Gasteiger partial charge in [0.1, 0.15) is 6.10 Å². The highest BCUT2D eigenvalue weighted by Gasteiger charge is 2.24. The molecule has 0 radical (unpaired) electrons. The summed E-state index contributed by atoms with van der Waals surface area (Å²) in [6, 6.07) is 8.34. The van der Waals surface area contributed by atoms with E-state index in [1.54, 1.807) is 7.05 Å². The van der Waals surface area contributed by atoms with Crippen LogP contribution >= 0.6 is 24.0 Å². The molecule has 0 amide bonds. The van der Waals surface area contributed by atoms with Crippen LogP contribution in [0.3, 0.4) is 0 Å². The second kappa shape index (κ2) is 8.90. The lowest BCUT2D eigenvalue weighted by atomic mass is 10.0. The summed E-state index contributed by atoms with van der Waals surface area (Å²) in [6.45, 7) is 4.90. The Kier molecular flexibility index (Phi) is 7.54. The van der Waals surface area contributed by atoms with Crippen LogP contribution in [-0.2, 0) is 4.74 Å². The van der Waals surface area contributed by atoms with E-state index in [0.717, 1.165) is 19.0 Å². The summed E-state index contributed by atoms with van der Waals surface area (Å²) in [5, 5.41) is 3.16. The molecule has 1 aromatic rings. The first-order valence-corrected chi connectivity index (χ1v) is 6.82. The summed E-state index contributed by atoms with van der Waals surface area (Å²) in [4.78, 5) is 6.47. The van der Waals surface area contributed by atoms with E-state index in [9.17, 15) is 0 Å². The van der Waals surface area contributed by atoms with Crippen LogP contribution in [0.1, 0.15) is 17.2 Å². The van der Waals surface area contributed by atoms with Gasteiger partial charge in [-0.15, -0.1) is 30.4 Å². The number of morpholine rings is 1. The van der Waals surface area contributed by atoms with Crippen molar-refractivity contribution in [2.24, 2.45) is 4.99 Å². The zero-order valence-corrected chi connectivity index (χ0v) is 14.8. The van der Waals surface area contributed by atoms with Gasteiger partial charge in [-0.1, -0.05) is 30.2 Å². The molecule has 0 bridgehead atoms. The standard InChI is InChI=1S/C16H21N3O.HI/c1-4-9-18-16(17-3)19-10-11-20-15(12-19)14-8-6-5-7-13(14)2;/h1,5-8,15H,9-12H2,2-3H3,(H,17,18);1H. The molecule has 5 heteroatoms. The maximum absolute atomic E-state index is 5.91. The average Bonchev–Trinajstić information content (AvgIpc) is 2.49. The Morgan fingerprint density at radius 1 is 1.52 bits per heavy atom. The Morgan fingerprint density at radius 3 is 2.95 bits per heavy atom. The number of nitrogens with zero attached hydrogens (tertiary/aromatic N) is 2. The van der Waals surface area contributed by atoms with Crippen molar-refractivity contribution in [3.8, 4) is 12.3 Å². The van der Waals surface area contributed by atoms with Crippen LogP contribution in [0.15, 0.2) is 29.3 Å². The minimum atomic E-state index is 0. The maximum atomic E-state index is 5.91. The number of nitrogens with one attached hydrogen (secondary N) is 1. The predicted octanol–water partition coefficient (Wildman–Crippen LogP) is 2.19. The van der Waals surface area contributed by atoms with E-state index < -0.39 is 0 Å². The van der Waals surface area contributed by atoms with Crippen molar-refractivity contribution in [2.45, 2.75) is 13.0 Å². The van der Waals surface area contributed by atoms with Crippen molar-refractivity contribution in [1.82, 2.24) is 10.2 Å². The fraction of sp³-hybridized carbons (Fsp3) is 0.438. The molecule has 1 atom stereocenters. The molecule has 1 saturated heterocycles. The number of aryl methyl sites for hydroxylation is 1. The van der Waals surface area contributed by atoms with E-state index in [-0.39, 0.29) is 30.1 Å². The van der Waals surface area contributed by atoms with Gasteiger partial charge in [0.05, 0.1) is 19.7 Å². The largest absolute Gasteiger partial charge is 0.370 e. The van der Waals surface area contributed by atoms with Gasteiger partial charge >= 0.3 is 0 Å². The second-order valence-corrected chi connectivity index (χ2v) is 4.77. The number of hydrogen-bond donors (Lipinski definition) is 1. The average molecular weight is 399 g/mol. The molecule has 21 heavy (non-hydrogen) atoms. The van der Waals surface area contributed by atoms with Gasteiger partial charge in [-0.25, -0.2) is 0 Å². The van der Waals surface area contributed by atoms with Crippen molar-refractivity contribution in [3.05, 3.63) is 35.4 Å². The Labute approximate surface area is 144 Å². The molecule has 4 nitrogen and oxygen atoms in total. The Hall–Kier alpha value is -1.26. The van der Waals surface area contributed by atoms with E-state index in [1.165, 1.54) is 11.1 Å². The number of guanidine groups is 1. The molecule has 1 N–H and O–H groups in total. The molecule has 0 aromatic heterocycles. The van der Waals surface area contributed by atoms with Crippen molar-refractivity contribution in [2.75, 3.05) is 33.3 Å². The summed E-state index contributed by atoms with van der Waals surface area (Å²) in [5.74, 6) is 3.41. The van der Waals surface area contributed by atoms with Gasteiger partial charge in [-0.05, 0) is 18.1 Å². The van der Waals surface area contributed by atoms with Crippen LogP contribution in [0, 0.1) is 19.3 Å². The van der Waals surface area contributed by atoms with Gasteiger partial charge in [0.2, 0.25) is 0 Å². The van der Waals surface area contributed by atoms with Crippen molar-refractivity contribution < 1.29 is 4.74 Å². The zero-order chi connectivity index (χ0) is 14.4. The molecule has 1 aliphatic heterocycles. The number of benzene rings is 1. The minimum absolute atomic E-state index is 0. The van der Waals surface area contributed by atoms with Crippen LogP contribution < -0.4 is 5.32 Å². The first kappa shape index (κ1) is 17.8. The van der Waals surface area contributed by atoms with Gasteiger partial charge in [-0.2, -0.15) is 0 Å². The zero-order valence-electron chi connectivity index (χ0n) is 12.5. The molecule has 0 spiro atoms. The summed E-state index contributed by atoms with van der Waals surface area (Å²) in [6.07, 6.45) is 5.37. The van der Waals surface area contributed by atoms with Crippen molar-refractivity contribution in [3.63, 3.8) is 0 Å². The van der Waals surface area contributed by atoms with Gasteiger partial charge < -0.3 is 15.0 Å². The molecule has 1 unspecified atom stereocenters. The van der Waals surface area contributed by atoms with Crippen LogP contribution in [-0.4, -0.2) is 44.1 Å². The summed E-state index contributed by atoms with van der Waals surface area (Å²) < 4.78 is 5.91. The van der Waals surface area contributed by atoms with Gasteiger partial charge in [0.25, 0.3) is 0 Å². The number of halogens is 1. The lowest BCUT2D eigenvalue weighted by Crippen LogP contribution is -2.48. The Morgan fingerprint density at radius 2 is 2.29 bits per heavy atom. The van der Waals surface area contributed by atoms with E-state index >= 15 is 0 Å². The summed E-state index contributed by atoms with van der Waals surface area (Å²) >= 11 is 0. The van der Waals surface area contributed by atoms with Crippen LogP contribution in [0.2, 0.25) is 0 Å². The summed E-state index contributed by atoms with van der Waals surface area (Å²) in [5.41, 5.74) is 2.50. The third kappa shape index (κ3) is 4.61. The maximum Gasteiger partial charge on any atom is 0.194 e. The van der Waals surface area contributed by atoms with Gasteiger partial charge in [-0.3, -0.25) is 4.99 Å². The molecular formula is C16H22IN3O. The van der Waals surface area contributed by atoms with Crippen LogP contribution in [0.25, 0.3) is 0 Å². The Bertz CT molecular complexity index is 524. The SMILES string of the molecule is C#CCNC(=NC)N1CCOC(c2ccccc2C)C1.I. The number of rotatable bonds is 2. The molecule has 1 fully saturated rings. The lowest BCUT2D eigenvalue weighted by Gasteiger charge is -2.35. The number of hydrogen-bond acceptors (Lipinski definition) is 2. The highest BCUT2D eigenvalue weighted by atomic mass is 127. The van der Waals surface area contributed by atoms with E-state index in [2.05, 4.69) is 46.3 Å². The van der Waals surface area contributed by atoms with E-state index in [0.29, 0.717) is 13.2 Å². The molecule has 0 saturated carbocycles. The summed E-state index contributed by atoms with van der Waals surface area (Å²) in [7, 11) is 1.77. The van der Waals surface area contributed by atoms with E-state index in [1.807, 2.05) is 6.07 Å². The second-order valence-electron chi connectivity index (χ2n) is 4.77. The van der Waals surface area contributed by atoms with Crippen LogP contribution in [0.5, 0.6) is 0 Å². The molecular weight excluding hydrogens is 377 g/mol. The molecule has 1 heterocycles. The van der Waals surface area contributed by atoms with Gasteiger partial charge in [0.15, 0.2) is 5.96 Å². The van der Waals surface area contributed by atoms with Crippen molar-refractivity contribution >= 4 is 29.9 Å². The first-order chi connectivity index (χ1) is 9.76. The molecule has 2 rings (SSSR count). The first-order valence-electron chi connectivity index (χ1n) is 6.82. The molecule has 0 aliphatic carbocycles. The minimum Gasteiger partial charge on any atom is -0.370 e. The third-order valence-electron chi connectivity index (χ3n) is 3.46. The molecule has 114 valence electrons. The highest BCUT2D eigenvalue weighted by Crippen LogP contribution is 2.24. The third-order valence-corrected chi connectivity index (χ3v) is 3.46. The van der Waals surface area contributed by atoms with Crippen molar-refractivity contribution in [1.29, 1.82) is 0 Å². The monoisotopic (exact) mass is 399 g/mol. The molecule has 1 aromatic carbocycles. The normalized spacial score (nSPS) is 18.6. The smallest absolute Gasteiger partial charge is 0.194 e. The topological polar surface area (TPSA) is 36.9 Å². The molecule has 1 aliphatic rings. The quantitative estimate of drug-likeness (QED) is 0.359. The fourth-order valence-electron chi connectivity index (χ4n) is 2.44. The highest BCUT2D eigenvalue weighted by molar-refractivity contribution is 14.0. The number of ether oxygens (including phenoxy) is 1. The van der Waals surface area contributed by atoms with Gasteiger partial charge in [0, 0.05) is 13.6 Å². The van der Waals surface area contributed by atoms with E-state index in [4.69, 9.17) is 11.2 Å². The number of aliphatic imine (C=N–C) groups is 1. The Balaban J connectivity index is 0.00000220. The number of terminal acetylenes is 1. The fourth-order valence-corrected chi connectivity index (χ4v) is 2.44.